The highest BCUT2D eigenvalue weighted by Crippen LogP contribution is 2.40. The Hall–Kier alpha value is -4.79. The van der Waals surface area contributed by atoms with Gasteiger partial charge in [-0.2, -0.15) is 4.98 Å². The topological polar surface area (TPSA) is 99.0 Å². The van der Waals surface area contributed by atoms with Gasteiger partial charge in [0.25, 0.3) is 5.89 Å². The fourth-order valence-electron chi connectivity index (χ4n) is 4.56. The van der Waals surface area contributed by atoms with E-state index in [0.29, 0.717) is 45.9 Å². The van der Waals surface area contributed by atoms with Gasteiger partial charge in [-0.05, 0) is 61.9 Å². The van der Waals surface area contributed by atoms with E-state index >= 15 is 0 Å². The fraction of sp³-hybridized carbons (Fsp3) is 0.179. The van der Waals surface area contributed by atoms with Crippen LogP contribution in [0.1, 0.15) is 30.0 Å². The van der Waals surface area contributed by atoms with E-state index in [1.807, 2.05) is 80.6 Å². The van der Waals surface area contributed by atoms with Gasteiger partial charge in [0, 0.05) is 11.3 Å². The van der Waals surface area contributed by atoms with Gasteiger partial charge in [-0.1, -0.05) is 35.0 Å². The average molecular weight is 497 g/mol. The van der Waals surface area contributed by atoms with E-state index in [4.69, 9.17) is 23.7 Å². The molecule has 1 aromatic heterocycles. The predicted octanol–water partition coefficient (Wildman–Crippen LogP) is 5.48. The first-order valence-corrected chi connectivity index (χ1v) is 11.8. The smallest absolute Gasteiger partial charge is 0.326 e. The van der Waals surface area contributed by atoms with Crippen LogP contribution in [0.15, 0.2) is 77.0 Å². The second-order valence-corrected chi connectivity index (χ2v) is 8.82. The molecule has 1 atom stereocenters. The molecule has 186 valence electrons. The van der Waals surface area contributed by atoms with Crippen LogP contribution >= 0.6 is 0 Å². The molecule has 0 spiro atoms. The molecular formula is C28H24N4O5. The van der Waals surface area contributed by atoms with Gasteiger partial charge in [0.1, 0.15) is 5.75 Å². The van der Waals surface area contributed by atoms with E-state index < -0.39 is 6.04 Å². The zero-order chi connectivity index (χ0) is 25.5. The molecule has 9 nitrogen and oxygen atoms in total. The summed E-state index contributed by atoms with van der Waals surface area (Å²) < 4.78 is 22.0. The first-order chi connectivity index (χ1) is 18.0. The Morgan fingerprint density at radius 3 is 2.49 bits per heavy atom. The number of amides is 2. The van der Waals surface area contributed by atoms with E-state index in [1.165, 1.54) is 0 Å². The molecule has 2 amide bonds. The number of benzene rings is 3. The quantitative estimate of drug-likeness (QED) is 0.390. The maximum Gasteiger partial charge on any atom is 0.326 e. The number of hydrogen-bond donors (Lipinski definition) is 1. The van der Waals surface area contributed by atoms with Gasteiger partial charge in [0.15, 0.2) is 11.5 Å². The summed E-state index contributed by atoms with van der Waals surface area (Å²) >= 11 is 0. The van der Waals surface area contributed by atoms with E-state index in [-0.39, 0.29) is 12.8 Å². The highest BCUT2D eigenvalue weighted by Gasteiger charge is 2.36. The maximum absolute atomic E-state index is 13.4. The Bertz CT molecular complexity index is 1510. The minimum Gasteiger partial charge on any atom is -0.497 e. The van der Waals surface area contributed by atoms with Crippen LogP contribution < -0.4 is 24.4 Å². The van der Waals surface area contributed by atoms with Crippen LogP contribution in [-0.4, -0.2) is 30.1 Å². The number of rotatable bonds is 5. The molecule has 37 heavy (non-hydrogen) atoms. The Morgan fingerprint density at radius 1 is 0.973 bits per heavy atom. The molecule has 6 rings (SSSR count). The number of carbonyl (C=O) groups excluding carboxylic acids is 1. The van der Waals surface area contributed by atoms with Gasteiger partial charge in [0.05, 0.1) is 24.4 Å². The second-order valence-electron chi connectivity index (χ2n) is 8.82. The molecule has 3 aromatic carbocycles. The zero-order valence-corrected chi connectivity index (χ0v) is 20.5. The van der Waals surface area contributed by atoms with Gasteiger partial charge in [-0.3, -0.25) is 4.90 Å². The predicted molar refractivity (Wildman–Crippen MR) is 136 cm³/mol. The van der Waals surface area contributed by atoms with Gasteiger partial charge in [-0.15, -0.1) is 0 Å². The van der Waals surface area contributed by atoms with Crippen molar-refractivity contribution < 1.29 is 23.5 Å². The summed E-state index contributed by atoms with van der Waals surface area (Å²) in [7, 11) is 1.60. The number of aryl methyl sites for hydroxylation is 1. The summed E-state index contributed by atoms with van der Waals surface area (Å²) in [6.45, 7) is 4.08. The summed E-state index contributed by atoms with van der Waals surface area (Å²) in [4.78, 5) is 19.7. The lowest BCUT2D eigenvalue weighted by atomic mass is 9.94. The SMILES string of the molecule is COc1ccc(N2C(=O)NC(c3ccc(C)cc3)C(c3nc(-c4ccc5c(c4)OCO5)no3)=C2C)cc1. The van der Waals surface area contributed by atoms with Crippen molar-refractivity contribution in [3.05, 3.63) is 89.4 Å². The highest BCUT2D eigenvalue weighted by atomic mass is 16.7. The van der Waals surface area contributed by atoms with Crippen LogP contribution in [0.5, 0.6) is 17.2 Å². The minimum absolute atomic E-state index is 0.182. The van der Waals surface area contributed by atoms with E-state index in [0.717, 1.165) is 16.7 Å². The monoisotopic (exact) mass is 496 g/mol. The molecule has 0 fully saturated rings. The molecule has 0 saturated heterocycles. The number of methoxy groups -OCH3 is 1. The molecular weight excluding hydrogens is 472 g/mol. The van der Waals surface area contributed by atoms with Gasteiger partial charge < -0.3 is 24.1 Å². The molecule has 4 aromatic rings. The van der Waals surface area contributed by atoms with Crippen LogP contribution in [0, 0.1) is 6.92 Å². The van der Waals surface area contributed by atoms with Crippen LogP contribution in [0.3, 0.4) is 0 Å². The summed E-state index contributed by atoms with van der Waals surface area (Å²) in [5.74, 6) is 2.73. The first kappa shape index (κ1) is 22.7. The number of nitrogens with zero attached hydrogens (tertiary/aromatic N) is 3. The van der Waals surface area contributed by atoms with Gasteiger partial charge in [0.2, 0.25) is 12.6 Å². The van der Waals surface area contributed by atoms with Crippen molar-refractivity contribution in [2.45, 2.75) is 19.9 Å². The average Bonchev–Trinajstić information content (AvgIpc) is 3.59. The lowest BCUT2D eigenvalue weighted by molar-refractivity contribution is 0.174. The molecule has 0 bridgehead atoms. The van der Waals surface area contributed by atoms with Crippen molar-refractivity contribution in [1.29, 1.82) is 0 Å². The standard InChI is InChI=1S/C28H24N4O5/c1-16-4-6-18(7-5-16)25-24(17(2)32(28(33)29-25)20-9-11-21(34-3)12-10-20)27-30-26(31-37-27)19-8-13-22-23(14-19)36-15-35-22/h4-14,25H,15H2,1-3H3,(H,29,33). The van der Waals surface area contributed by atoms with Crippen molar-refractivity contribution in [2.24, 2.45) is 0 Å². The lowest BCUT2D eigenvalue weighted by Gasteiger charge is -2.35. The van der Waals surface area contributed by atoms with Crippen LogP contribution in [0.25, 0.3) is 17.0 Å². The number of carbonyl (C=O) groups is 1. The van der Waals surface area contributed by atoms with Crippen LogP contribution in [-0.2, 0) is 0 Å². The number of urea groups is 1. The lowest BCUT2D eigenvalue weighted by Crippen LogP contribution is -2.46. The largest absolute Gasteiger partial charge is 0.497 e. The number of nitrogens with one attached hydrogen (secondary N) is 1. The molecule has 9 heteroatoms. The third kappa shape index (κ3) is 4.04. The van der Waals surface area contributed by atoms with Gasteiger partial charge in [-0.25, -0.2) is 4.79 Å². The highest BCUT2D eigenvalue weighted by molar-refractivity contribution is 6.01. The molecule has 0 aliphatic carbocycles. The maximum atomic E-state index is 13.4. The second kappa shape index (κ2) is 9.02. The van der Waals surface area contributed by atoms with Crippen LogP contribution in [0.2, 0.25) is 0 Å². The van der Waals surface area contributed by atoms with Crippen LogP contribution in [0.4, 0.5) is 10.5 Å². The summed E-state index contributed by atoms with van der Waals surface area (Å²) in [6.07, 6.45) is 0. The summed E-state index contributed by atoms with van der Waals surface area (Å²) in [5.41, 5.74) is 4.84. The third-order valence-corrected chi connectivity index (χ3v) is 6.51. The molecule has 0 saturated carbocycles. The number of ether oxygens (including phenoxy) is 3. The number of aromatic nitrogens is 2. The summed E-state index contributed by atoms with van der Waals surface area (Å²) in [5, 5.41) is 7.36. The molecule has 0 radical (unpaired) electrons. The Balaban J connectivity index is 1.45. The molecule has 1 N–H and O–H groups in total. The third-order valence-electron chi connectivity index (χ3n) is 6.51. The number of allylic oxidation sites excluding steroid dienone is 1. The molecule has 2 aliphatic heterocycles. The molecule has 2 aliphatic rings. The van der Waals surface area contributed by atoms with E-state index in [2.05, 4.69) is 10.5 Å². The van der Waals surface area contributed by atoms with Crippen molar-refractivity contribution in [1.82, 2.24) is 15.5 Å². The normalized spacial score (nSPS) is 16.7. The summed E-state index contributed by atoms with van der Waals surface area (Å²) in [6, 6.07) is 20.0. The first-order valence-electron chi connectivity index (χ1n) is 11.8. The van der Waals surface area contributed by atoms with Crippen molar-refractivity contribution in [3.8, 4) is 28.6 Å². The zero-order valence-electron chi connectivity index (χ0n) is 20.5. The van der Waals surface area contributed by atoms with Crippen molar-refractivity contribution >= 4 is 17.3 Å². The Labute approximate surface area is 213 Å². The number of fused-ring (bicyclic) bond motifs is 1. The van der Waals surface area contributed by atoms with Crippen molar-refractivity contribution in [3.63, 3.8) is 0 Å². The Kier molecular flexibility index (Phi) is 5.52. The number of anilines is 1. The fourth-order valence-corrected chi connectivity index (χ4v) is 4.56. The van der Waals surface area contributed by atoms with Crippen molar-refractivity contribution in [2.75, 3.05) is 18.8 Å². The minimum atomic E-state index is -0.479. The Morgan fingerprint density at radius 2 is 1.73 bits per heavy atom. The van der Waals surface area contributed by atoms with E-state index in [1.54, 1.807) is 12.0 Å². The molecule has 1 unspecified atom stereocenters. The van der Waals surface area contributed by atoms with Gasteiger partial charge >= 0.3 is 6.03 Å². The number of hydrogen-bond acceptors (Lipinski definition) is 7. The molecule has 3 heterocycles. The van der Waals surface area contributed by atoms with E-state index in [9.17, 15) is 4.79 Å².